The third kappa shape index (κ3) is 5.64. The number of terminal acetylenes is 1. The van der Waals surface area contributed by atoms with Crippen molar-refractivity contribution in [1.29, 1.82) is 0 Å². The molecule has 2 aromatic heterocycles. The molecule has 3 rings (SSSR count). The summed E-state index contributed by atoms with van der Waals surface area (Å²) in [7, 11) is 0.988. The van der Waals surface area contributed by atoms with Crippen LogP contribution in [0.25, 0.3) is 11.2 Å². The highest BCUT2D eigenvalue weighted by atomic mass is 35.5. The SMILES string of the molecule is C#C[C@@](O)([C@@H](COC(Cc1cccc(C(F)(F)F)c1)(C(=O)O)C(=O)O)OC)[C@@H](O)n1cnc2c(N)nc(Cl)nc21. The smallest absolute Gasteiger partial charge is 0.416 e. The minimum atomic E-state index is -4.79. The molecule has 0 radical (unpaired) electrons. The van der Waals surface area contributed by atoms with Crippen LogP contribution in [0.2, 0.25) is 5.28 Å². The van der Waals surface area contributed by atoms with Gasteiger partial charge in [-0.2, -0.15) is 23.1 Å². The number of aliphatic hydroxyl groups is 2. The van der Waals surface area contributed by atoms with Gasteiger partial charge in [0.1, 0.15) is 11.6 Å². The third-order valence-corrected chi connectivity index (χ3v) is 6.13. The number of fused-ring (bicyclic) bond motifs is 1. The van der Waals surface area contributed by atoms with E-state index in [2.05, 4.69) is 15.0 Å². The van der Waals surface area contributed by atoms with Gasteiger partial charge in [-0.1, -0.05) is 24.1 Å². The molecule has 1 aromatic carbocycles. The maximum absolute atomic E-state index is 13.1. The molecule has 0 saturated heterocycles. The van der Waals surface area contributed by atoms with E-state index >= 15 is 0 Å². The molecule has 3 aromatic rings. The van der Waals surface area contributed by atoms with Gasteiger partial charge in [0.15, 0.2) is 23.3 Å². The number of nitrogens with zero attached hydrogens (tertiary/aromatic N) is 4. The van der Waals surface area contributed by atoms with Crippen LogP contribution in [0.5, 0.6) is 0 Å². The Morgan fingerprint density at radius 1 is 1.25 bits per heavy atom. The van der Waals surface area contributed by atoms with E-state index < -0.39 is 60.2 Å². The van der Waals surface area contributed by atoms with Gasteiger partial charge in [0.25, 0.3) is 5.60 Å². The number of nitrogens with two attached hydrogens (primary N) is 1. The number of ether oxygens (including phenoxy) is 2. The molecule has 0 bridgehead atoms. The first kappa shape index (κ1) is 30.5. The topological polar surface area (TPSA) is 203 Å². The highest BCUT2D eigenvalue weighted by molar-refractivity contribution is 6.28. The number of nitrogen functional groups attached to an aromatic ring is 1. The van der Waals surface area contributed by atoms with E-state index in [1.54, 1.807) is 0 Å². The zero-order chi connectivity index (χ0) is 30.0. The Morgan fingerprint density at radius 3 is 2.45 bits per heavy atom. The Kier molecular flexibility index (Phi) is 8.57. The van der Waals surface area contributed by atoms with E-state index in [1.165, 1.54) is 0 Å². The number of anilines is 1. The second-order valence-electron chi connectivity index (χ2n) is 8.39. The van der Waals surface area contributed by atoms with E-state index in [-0.39, 0.29) is 27.8 Å². The van der Waals surface area contributed by atoms with Crippen molar-refractivity contribution in [1.82, 2.24) is 19.5 Å². The van der Waals surface area contributed by atoms with Crippen LogP contribution in [0, 0.1) is 12.3 Å². The first-order valence-corrected chi connectivity index (χ1v) is 11.3. The van der Waals surface area contributed by atoms with Gasteiger partial charge in [-0.05, 0) is 23.2 Å². The van der Waals surface area contributed by atoms with Crippen molar-refractivity contribution in [3.8, 4) is 12.3 Å². The first-order valence-electron chi connectivity index (χ1n) is 10.9. The lowest BCUT2D eigenvalue weighted by Gasteiger charge is -2.36. The summed E-state index contributed by atoms with van der Waals surface area (Å²) in [6.45, 7) is -1.07. The predicted octanol–water partition coefficient (Wildman–Crippen LogP) is 1.12. The summed E-state index contributed by atoms with van der Waals surface area (Å²) in [6.07, 6.45) is -3.33. The van der Waals surface area contributed by atoms with Gasteiger partial charge in [-0.15, -0.1) is 6.42 Å². The molecule has 13 nitrogen and oxygen atoms in total. The second-order valence-corrected chi connectivity index (χ2v) is 8.73. The fourth-order valence-corrected chi connectivity index (χ4v) is 3.96. The normalized spacial score (nSPS) is 15.2. The monoisotopic (exact) mass is 587 g/mol. The Morgan fingerprint density at radius 2 is 1.90 bits per heavy atom. The molecular weight excluding hydrogens is 567 g/mol. The Labute approximate surface area is 227 Å². The lowest BCUT2D eigenvalue weighted by atomic mass is 9.92. The minimum absolute atomic E-state index is 0.0232. The summed E-state index contributed by atoms with van der Waals surface area (Å²) in [6, 6.07) is 3.34. The van der Waals surface area contributed by atoms with Gasteiger partial charge < -0.3 is 35.6 Å². The second kappa shape index (κ2) is 11.2. The molecule has 0 amide bonds. The molecule has 214 valence electrons. The molecule has 6 N–H and O–H groups in total. The van der Waals surface area contributed by atoms with Crippen molar-refractivity contribution in [3.05, 3.63) is 47.0 Å². The minimum Gasteiger partial charge on any atom is -0.479 e. The van der Waals surface area contributed by atoms with Gasteiger partial charge >= 0.3 is 18.1 Å². The molecule has 0 aliphatic rings. The summed E-state index contributed by atoms with van der Waals surface area (Å²) in [5.74, 6) is -2.40. The van der Waals surface area contributed by atoms with Crippen LogP contribution in [-0.4, -0.2) is 82.9 Å². The van der Waals surface area contributed by atoms with Gasteiger partial charge in [0.05, 0.1) is 18.5 Å². The van der Waals surface area contributed by atoms with Crippen molar-refractivity contribution in [2.75, 3.05) is 19.5 Å². The zero-order valence-corrected chi connectivity index (χ0v) is 21.1. The number of aliphatic carboxylic acids is 2. The molecule has 40 heavy (non-hydrogen) atoms. The van der Waals surface area contributed by atoms with Crippen molar-refractivity contribution in [2.24, 2.45) is 0 Å². The van der Waals surface area contributed by atoms with E-state index in [0.717, 1.165) is 30.1 Å². The van der Waals surface area contributed by atoms with Crippen LogP contribution in [0.3, 0.4) is 0 Å². The fourth-order valence-electron chi connectivity index (χ4n) is 3.79. The number of carbonyl (C=O) groups is 2. The highest BCUT2D eigenvalue weighted by Gasteiger charge is 2.52. The summed E-state index contributed by atoms with van der Waals surface area (Å²) >= 11 is 5.81. The number of carboxylic acid groups (broad SMARTS) is 2. The molecule has 17 heteroatoms. The first-order chi connectivity index (χ1) is 18.6. The molecule has 3 atom stereocenters. The quantitative estimate of drug-likeness (QED) is 0.122. The zero-order valence-electron chi connectivity index (χ0n) is 20.3. The Balaban J connectivity index is 1.97. The fraction of sp³-hybridized carbons (Fsp3) is 0.348. The van der Waals surface area contributed by atoms with Crippen molar-refractivity contribution in [3.63, 3.8) is 0 Å². The molecule has 0 aliphatic heterocycles. The number of benzene rings is 1. The van der Waals surface area contributed by atoms with E-state index in [0.29, 0.717) is 12.1 Å². The van der Waals surface area contributed by atoms with E-state index in [4.69, 9.17) is 33.2 Å². The number of alkyl halides is 3. The molecule has 2 heterocycles. The van der Waals surface area contributed by atoms with Crippen molar-refractivity contribution >= 4 is 40.5 Å². The van der Waals surface area contributed by atoms with Crippen LogP contribution >= 0.6 is 11.6 Å². The van der Waals surface area contributed by atoms with Gasteiger partial charge in [-0.3, -0.25) is 4.57 Å². The van der Waals surface area contributed by atoms with E-state index in [1.807, 2.05) is 5.92 Å². The lowest BCUT2D eigenvalue weighted by molar-refractivity contribution is -0.202. The molecule has 0 spiro atoms. The van der Waals surface area contributed by atoms with Crippen LogP contribution in [-0.2, 0) is 31.7 Å². The standard InChI is InChI=1S/C23H21ClF3N5O8/c1-3-21(38,17(33)32-10-29-14-15(28)30-20(24)31-16(14)32)13(39-2)9-40-22(18(34)35,19(36)37)8-11-5-4-6-12(7-11)23(25,26)27/h1,4-7,10,13,17,33,38H,8-9H2,2H3,(H,34,35)(H,36,37)(H2,28,30,31)/t13-,17-,21-/m1/s1. The molecular formula is C23H21ClF3N5O8. The van der Waals surface area contributed by atoms with Gasteiger partial charge in [0, 0.05) is 13.5 Å². The average Bonchev–Trinajstić information content (AvgIpc) is 3.30. The number of aromatic nitrogens is 4. The summed E-state index contributed by atoms with van der Waals surface area (Å²) in [4.78, 5) is 35.8. The van der Waals surface area contributed by atoms with Crippen LogP contribution in [0.1, 0.15) is 17.4 Å². The third-order valence-electron chi connectivity index (χ3n) is 5.96. The van der Waals surface area contributed by atoms with Crippen molar-refractivity contribution < 1.29 is 52.7 Å². The lowest BCUT2D eigenvalue weighted by Crippen LogP contribution is -2.56. The number of hydrogen-bond donors (Lipinski definition) is 5. The summed E-state index contributed by atoms with van der Waals surface area (Å²) < 4.78 is 50.6. The van der Waals surface area contributed by atoms with Gasteiger partial charge in [-0.25, -0.2) is 14.6 Å². The van der Waals surface area contributed by atoms with E-state index in [9.17, 15) is 43.2 Å². The van der Waals surface area contributed by atoms with Crippen LogP contribution in [0.15, 0.2) is 30.6 Å². The molecule has 0 aliphatic carbocycles. The largest absolute Gasteiger partial charge is 0.479 e. The maximum atomic E-state index is 13.1. The molecule has 0 fully saturated rings. The number of methoxy groups -OCH3 is 1. The van der Waals surface area contributed by atoms with Crippen molar-refractivity contribution in [2.45, 2.75) is 36.1 Å². The summed E-state index contributed by atoms with van der Waals surface area (Å²) in [5.41, 5.74) is -1.84. The highest BCUT2D eigenvalue weighted by Crippen LogP contribution is 2.33. The van der Waals surface area contributed by atoms with Crippen LogP contribution in [0.4, 0.5) is 19.0 Å². The Bertz CT molecular complexity index is 1460. The number of halogens is 4. The number of hydrogen-bond acceptors (Lipinski definition) is 10. The number of rotatable bonds is 11. The van der Waals surface area contributed by atoms with Crippen LogP contribution < -0.4 is 5.73 Å². The predicted molar refractivity (Wildman–Crippen MR) is 130 cm³/mol. The number of imidazole rings is 1. The number of carboxylic acids is 2. The molecule has 0 saturated carbocycles. The summed E-state index contributed by atoms with van der Waals surface area (Å²) in [5, 5.41) is 41.5. The maximum Gasteiger partial charge on any atom is 0.416 e. The Hall–Kier alpha value is -4.01. The number of aliphatic hydroxyl groups excluding tert-OH is 1. The van der Waals surface area contributed by atoms with Gasteiger partial charge in [0.2, 0.25) is 5.28 Å². The average molecular weight is 588 g/mol. The molecule has 0 unspecified atom stereocenters.